The normalized spacial score (nSPS) is 14.9. The van der Waals surface area contributed by atoms with Crippen LogP contribution < -0.4 is 19.1 Å². The molecule has 0 N–H and O–H groups in total. The van der Waals surface area contributed by atoms with E-state index in [4.69, 9.17) is 14.2 Å². The van der Waals surface area contributed by atoms with Crippen molar-refractivity contribution in [2.45, 2.75) is 66.4 Å². The minimum Gasteiger partial charge on any atom is -0.481 e. The Labute approximate surface area is 652 Å². The molecule has 0 spiro atoms. The molecular weight excluding hydrogens is 1440 g/mol. The summed E-state index contributed by atoms with van der Waals surface area (Å²) in [5.41, 5.74) is 7.24. The summed E-state index contributed by atoms with van der Waals surface area (Å²) in [5, 5.41) is 5.57. The van der Waals surface area contributed by atoms with Crippen LogP contribution in [0.5, 0.6) is 17.2 Å². The van der Waals surface area contributed by atoms with Crippen molar-refractivity contribution in [1.29, 1.82) is 0 Å². The van der Waals surface area contributed by atoms with E-state index in [1.807, 2.05) is 127 Å². The van der Waals surface area contributed by atoms with Gasteiger partial charge in [0.1, 0.15) is 37.1 Å². The smallest absolute Gasteiger partial charge is 0.207 e. The molecule has 112 heavy (non-hydrogen) atoms. The topological polar surface area (TPSA) is 133 Å². The third-order valence-corrected chi connectivity index (χ3v) is 28.0. The summed E-state index contributed by atoms with van der Waals surface area (Å²) in [7, 11) is -12.1. The molecule has 18 rings (SSSR count). The van der Waals surface area contributed by atoms with Gasteiger partial charge < -0.3 is 19.1 Å². The molecule has 0 saturated heterocycles. The maximum Gasteiger partial charge on any atom is 0.207 e. The largest absolute Gasteiger partial charge is 0.481 e. The van der Waals surface area contributed by atoms with Crippen LogP contribution in [-0.4, -0.2) is 45.1 Å². The molecule has 10 nitrogen and oxygen atoms in total. The Hall–Kier alpha value is -13.2. The van der Waals surface area contributed by atoms with E-state index in [1.54, 1.807) is 93.6 Å². The number of sulfone groups is 3. The molecule has 15 aromatic carbocycles. The first-order chi connectivity index (χ1) is 54.6. The van der Waals surface area contributed by atoms with Gasteiger partial charge in [0.05, 0.1) is 45.6 Å². The van der Waals surface area contributed by atoms with Gasteiger partial charge in [-0.1, -0.05) is 218 Å². The number of rotatable bonds is 15. The first-order valence-electron chi connectivity index (χ1n) is 36.8. The second kappa shape index (κ2) is 27.7. The fraction of sp³-hybridized carbons (Fsp3) is 0.0909. The number of benzene rings is 15. The monoisotopic (exact) mass is 1510 g/mol. The van der Waals surface area contributed by atoms with Crippen molar-refractivity contribution in [3.05, 3.63) is 394 Å². The van der Waals surface area contributed by atoms with Crippen LogP contribution >= 0.6 is 0 Å². The van der Waals surface area contributed by atoms with E-state index in [2.05, 4.69) is 168 Å². The quantitative estimate of drug-likeness (QED) is 0.0914. The number of ether oxygens (including phenoxy) is 3. The van der Waals surface area contributed by atoms with E-state index in [9.17, 15) is 0 Å². The van der Waals surface area contributed by atoms with Crippen LogP contribution in [0, 0.1) is 35.5 Å². The molecule has 0 saturated carbocycles. The van der Waals surface area contributed by atoms with Gasteiger partial charge in [0.2, 0.25) is 29.5 Å². The van der Waals surface area contributed by atoms with E-state index in [-0.39, 0.29) is 49.2 Å². The minimum atomic E-state index is -4.03. The van der Waals surface area contributed by atoms with Crippen molar-refractivity contribution >= 4 is 78.9 Å². The molecule has 13 heteroatoms. The van der Waals surface area contributed by atoms with Gasteiger partial charge >= 0.3 is 0 Å². The van der Waals surface area contributed by atoms with Gasteiger partial charge in [0.15, 0.2) is 0 Å². The maximum atomic E-state index is 15.1. The highest BCUT2D eigenvalue weighted by molar-refractivity contribution is 7.92. The molecule has 0 aliphatic carbocycles. The maximum absolute atomic E-state index is 15.1. The van der Waals surface area contributed by atoms with Crippen LogP contribution in [0.3, 0.4) is 0 Å². The van der Waals surface area contributed by atoms with Gasteiger partial charge in [-0.2, -0.15) is 0 Å². The first-order valence-corrected chi connectivity index (χ1v) is 41.2. The Morgan fingerprint density at radius 3 is 0.688 bits per heavy atom. The van der Waals surface area contributed by atoms with E-state index >= 15 is 25.3 Å². The van der Waals surface area contributed by atoms with Crippen molar-refractivity contribution in [3.8, 4) is 52.8 Å². The number of hydrogen-bond acceptors (Lipinski definition) is 10. The number of anilines is 3. The van der Waals surface area contributed by atoms with Crippen molar-refractivity contribution in [2.24, 2.45) is 0 Å². The molecule has 15 aromatic rings. The molecule has 0 unspecified atom stereocenters. The molecule has 0 radical (unpaired) electrons. The summed E-state index contributed by atoms with van der Waals surface area (Å²) in [6, 6.07) is 106. The molecule has 0 atom stereocenters. The molecule has 0 bridgehead atoms. The zero-order chi connectivity index (χ0) is 76.6. The number of nitrogens with zero attached hydrogens (tertiary/aromatic N) is 1. The van der Waals surface area contributed by atoms with Gasteiger partial charge in [0, 0.05) is 17.1 Å². The van der Waals surface area contributed by atoms with Gasteiger partial charge in [-0.3, -0.25) is 0 Å². The van der Waals surface area contributed by atoms with Crippen LogP contribution in [0.4, 0.5) is 17.1 Å². The Balaban J connectivity index is 0.854. The molecule has 3 heterocycles. The summed E-state index contributed by atoms with van der Waals surface area (Å²) in [4.78, 5) is 3.43. The first kappa shape index (κ1) is 70.5. The Morgan fingerprint density at radius 2 is 0.455 bits per heavy atom. The molecule has 3 aliphatic heterocycles. The lowest BCUT2D eigenvalue weighted by molar-refractivity contribution is 0.370. The van der Waals surface area contributed by atoms with Crippen molar-refractivity contribution in [1.82, 2.24) is 0 Å². The summed E-state index contributed by atoms with van der Waals surface area (Å²) in [5.74, 6) is 19.7. The van der Waals surface area contributed by atoms with Crippen molar-refractivity contribution in [2.75, 3.05) is 24.7 Å². The van der Waals surface area contributed by atoms with E-state index in [0.29, 0.717) is 50.6 Å². The fourth-order valence-corrected chi connectivity index (χ4v) is 22.8. The van der Waals surface area contributed by atoms with Crippen molar-refractivity contribution in [3.63, 3.8) is 0 Å². The Morgan fingerprint density at radius 1 is 0.250 bits per heavy atom. The van der Waals surface area contributed by atoms with E-state index < -0.39 is 45.8 Å². The summed E-state index contributed by atoms with van der Waals surface area (Å²) in [6.45, 7) is 6.07. The molecule has 0 fully saturated rings. The van der Waals surface area contributed by atoms with Crippen LogP contribution in [0.1, 0.15) is 87.5 Å². The van der Waals surface area contributed by atoms with Crippen LogP contribution in [-0.2, 0) is 45.8 Å². The third-order valence-electron chi connectivity index (χ3n) is 22.4. The van der Waals surface area contributed by atoms with Crippen molar-refractivity contribution < 1.29 is 39.5 Å². The SMILES string of the molecule is CC#CCOc1ccc2cc(C3(c4ccc(N(c5ccc(C6(c7ccc8cc(OCC#CC)ccc8c7)c7ccccc7S(=O)(=O)c7ccccc76)cc5)c5ccc(C6(c7ccc8cc(OCC#CC)ccc8c7)c7ccccc7S(=O)(=O)c7ccccc76)cc5)cc4)c4ccccc4S(=O)(=O)c4ccccc43)ccc2c1. The summed E-state index contributed by atoms with van der Waals surface area (Å²) < 4.78 is 109. The van der Waals surface area contributed by atoms with E-state index in [1.165, 1.54) is 0 Å². The van der Waals surface area contributed by atoms with Gasteiger partial charge in [0.25, 0.3) is 0 Å². The second-order valence-corrected chi connectivity index (χ2v) is 33.7. The predicted molar refractivity (Wildman–Crippen MR) is 442 cm³/mol. The predicted octanol–water partition coefficient (Wildman–Crippen LogP) is 20.4. The zero-order valence-corrected chi connectivity index (χ0v) is 63.6. The zero-order valence-electron chi connectivity index (χ0n) is 61.1. The highest BCUT2D eigenvalue weighted by atomic mass is 32.2. The van der Waals surface area contributed by atoms with Crippen LogP contribution in [0.25, 0.3) is 32.3 Å². The highest BCUT2D eigenvalue weighted by Gasteiger charge is 2.52. The molecule has 0 aromatic heterocycles. The second-order valence-electron chi connectivity index (χ2n) is 28.0. The Bertz CT molecular complexity index is 6130. The minimum absolute atomic E-state index is 0.208. The van der Waals surface area contributed by atoms with Gasteiger partial charge in [-0.15, -0.1) is 17.8 Å². The molecule has 0 amide bonds. The summed E-state index contributed by atoms with van der Waals surface area (Å²) >= 11 is 0. The number of hydrogen-bond donors (Lipinski definition) is 0. The fourth-order valence-electron chi connectivity index (χ4n) is 17.5. The van der Waals surface area contributed by atoms with E-state index in [0.717, 1.165) is 82.8 Å². The van der Waals surface area contributed by atoms with Crippen LogP contribution in [0.15, 0.2) is 357 Å². The van der Waals surface area contributed by atoms with Crippen LogP contribution in [0.2, 0.25) is 0 Å². The molecule has 3 aliphatic rings. The average Bonchev–Trinajstić information content (AvgIpc) is 0.701. The number of fused-ring (bicyclic) bond motifs is 9. The standard InChI is InChI=1S/C99H69NO9S3/c1-4-7-58-107-82-55-37-67-61-76(40-34-70(67)64-82)97(85-22-10-16-28-91(85)110(101,102)92-29-17-11-23-86(92)97)73-43-49-79(50-44-73)100(80-51-45-74(46-52-80)98(77-41-35-71-65-83(108-59-8-5-2)56-38-68(71)62-77)87-24-12-18-30-93(87)111(103,104)94-31-19-13-25-88(94)98)81-53-47-75(48-54-81)99(78-42-36-72-66-84(109-60-9-6-3)57-39-69(72)63-78)89-26-14-20-32-95(89)112(105,106)96-33-21-15-27-90(96)99/h10-57,61-66H,58-60H2,1-3H3. The lowest BCUT2D eigenvalue weighted by Gasteiger charge is -2.42. The average molecular weight is 1510 g/mol. The van der Waals surface area contributed by atoms with Gasteiger partial charge in [-0.25, -0.2) is 25.3 Å². The van der Waals surface area contributed by atoms with Gasteiger partial charge in [-0.05, 0) is 247 Å². The highest BCUT2D eigenvalue weighted by Crippen LogP contribution is 2.59. The molecular formula is C99H69NO9S3. The summed E-state index contributed by atoms with van der Waals surface area (Å²) in [6.07, 6.45) is 0. The third kappa shape index (κ3) is 11.0. The molecule has 542 valence electrons. The lowest BCUT2D eigenvalue weighted by Crippen LogP contribution is -2.37. The Kier molecular flexibility index (Phi) is 17.5. The lowest BCUT2D eigenvalue weighted by atomic mass is 9.64.